The van der Waals surface area contributed by atoms with E-state index < -0.39 is 23.0 Å². The lowest BCUT2D eigenvalue weighted by atomic mass is 9.85. The average Bonchev–Trinajstić information content (AvgIpc) is 2.99. The van der Waals surface area contributed by atoms with Crippen molar-refractivity contribution in [1.29, 1.82) is 0 Å². The predicted octanol–water partition coefficient (Wildman–Crippen LogP) is 6.97. The number of carbonyl (C=O) groups is 3. The van der Waals surface area contributed by atoms with Gasteiger partial charge in [-0.25, -0.2) is 0 Å². The molecular weight excluding hydrogens is 582 g/mol. The maximum atomic E-state index is 13.7. The van der Waals surface area contributed by atoms with E-state index in [2.05, 4.69) is 17.4 Å². The van der Waals surface area contributed by atoms with E-state index >= 15 is 0 Å². The van der Waals surface area contributed by atoms with Crippen LogP contribution < -0.4 is 14.8 Å². The number of benzene rings is 3. The highest BCUT2D eigenvalue weighted by Gasteiger charge is 2.31. The van der Waals surface area contributed by atoms with Gasteiger partial charge >= 0.3 is 11.9 Å². The molecule has 3 rings (SSSR count). The van der Waals surface area contributed by atoms with Crippen LogP contribution in [0.2, 0.25) is 0 Å². The van der Waals surface area contributed by atoms with Gasteiger partial charge in [-0.15, -0.1) is 0 Å². The van der Waals surface area contributed by atoms with Crippen molar-refractivity contribution in [3.8, 4) is 22.6 Å². The van der Waals surface area contributed by atoms with Crippen LogP contribution >= 0.6 is 0 Å². The molecule has 2 atom stereocenters. The molecule has 0 heterocycles. The zero-order valence-electron chi connectivity index (χ0n) is 28.5. The lowest BCUT2D eigenvalue weighted by Gasteiger charge is -2.27. The third kappa shape index (κ3) is 11.9. The van der Waals surface area contributed by atoms with Gasteiger partial charge in [-0.2, -0.15) is 0 Å². The molecule has 0 unspecified atom stereocenters. The van der Waals surface area contributed by atoms with Crippen molar-refractivity contribution in [3.05, 3.63) is 83.9 Å². The zero-order chi connectivity index (χ0) is 33.9. The van der Waals surface area contributed by atoms with Crippen molar-refractivity contribution < 1.29 is 33.3 Å². The average molecular weight is 632 g/mol. The summed E-state index contributed by atoms with van der Waals surface area (Å²) in [4.78, 5) is 39.6. The largest absolute Gasteiger partial charge is 0.493 e. The Labute approximate surface area is 273 Å². The number of methoxy groups -OCH3 is 2. The van der Waals surface area contributed by atoms with Gasteiger partial charge in [0.15, 0.2) is 11.5 Å². The van der Waals surface area contributed by atoms with Crippen LogP contribution in [0.3, 0.4) is 0 Å². The van der Waals surface area contributed by atoms with Crippen LogP contribution in [0.1, 0.15) is 65.5 Å². The van der Waals surface area contributed by atoms with E-state index in [9.17, 15) is 14.4 Å². The second-order valence-electron chi connectivity index (χ2n) is 13.5. The molecule has 8 heteroatoms. The summed E-state index contributed by atoms with van der Waals surface area (Å²) in [6.07, 6.45) is 1.02. The standard InChI is InChI=1S/C38H49NO7/c1-37(2,3)45-34(40)20-21-39-35(41)30(22-26-14-17-29(18-15-26)28-12-10-9-11-13-28)25-31(36(42)46-38(4,5)6)23-27-16-19-32(43-7)33(24-27)44-8/h9-19,24,30-31H,20-23,25H2,1-8H3,(H,39,41)/t30-,31-/m1/s1. The molecule has 8 nitrogen and oxygen atoms in total. The topological polar surface area (TPSA) is 100 Å². The summed E-state index contributed by atoms with van der Waals surface area (Å²) in [5, 5.41) is 2.92. The number of esters is 2. The summed E-state index contributed by atoms with van der Waals surface area (Å²) < 4.78 is 22.1. The quantitative estimate of drug-likeness (QED) is 0.192. The molecule has 0 aliphatic heterocycles. The minimum absolute atomic E-state index is 0.0443. The lowest BCUT2D eigenvalue weighted by Crippen LogP contribution is -2.38. The highest BCUT2D eigenvalue weighted by molar-refractivity contribution is 5.81. The molecule has 0 spiro atoms. The van der Waals surface area contributed by atoms with Crippen LogP contribution in [0.4, 0.5) is 0 Å². The molecule has 1 amide bonds. The number of rotatable bonds is 14. The summed E-state index contributed by atoms with van der Waals surface area (Å²) in [7, 11) is 3.13. The van der Waals surface area contributed by atoms with Gasteiger partial charge in [0.2, 0.25) is 5.91 Å². The first-order valence-corrected chi connectivity index (χ1v) is 15.7. The third-order valence-electron chi connectivity index (χ3n) is 7.20. The number of hydrogen-bond acceptors (Lipinski definition) is 7. The van der Waals surface area contributed by atoms with Crippen LogP contribution in [0.15, 0.2) is 72.8 Å². The fraction of sp³-hybridized carbons (Fsp3) is 0.447. The molecule has 0 bridgehead atoms. The number of nitrogens with one attached hydrogen (secondary N) is 1. The maximum absolute atomic E-state index is 13.7. The molecule has 0 aromatic heterocycles. The van der Waals surface area contributed by atoms with Gasteiger partial charge in [0.05, 0.1) is 26.6 Å². The summed E-state index contributed by atoms with van der Waals surface area (Å²) in [6.45, 7) is 11.0. The van der Waals surface area contributed by atoms with E-state index in [0.29, 0.717) is 24.3 Å². The first-order valence-electron chi connectivity index (χ1n) is 15.7. The fourth-order valence-corrected chi connectivity index (χ4v) is 5.14. The van der Waals surface area contributed by atoms with E-state index in [4.69, 9.17) is 18.9 Å². The van der Waals surface area contributed by atoms with Crippen LogP contribution in [0.5, 0.6) is 11.5 Å². The molecule has 0 aliphatic rings. The Balaban J connectivity index is 1.88. The second-order valence-corrected chi connectivity index (χ2v) is 13.5. The maximum Gasteiger partial charge on any atom is 0.309 e. The molecule has 3 aromatic carbocycles. The summed E-state index contributed by atoms with van der Waals surface area (Å²) in [5.41, 5.74) is 2.67. The third-order valence-corrected chi connectivity index (χ3v) is 7.20. The van der Waals surface area contributed by atoms with Crippen molar-refractivity contribution in [1.82, 2.24) is 5.32 Å². The Hall–Kier alpha value is -4.33. The first-order chi connectivity index (χ1) is 21.7. The Morgan fingerprint density at radius 3 is 1.83 bits per heavy atom. The molecule has 3 aromatic rings. The zero-order valence-corrected chi connectivity index (χ0v) is 28.5. The second kappa shape index (κ2) is 16.3. The molecule has 0 radical (unpaired) electrons. The van der Waals surface area contributed by atoms with Crippen molar-refractivity contribution in [3.63, 3.8) is 0 Å². The van der Waals surface area contributed by atoms with Gasteiger partial charge in [0.1, 0.15) is 11.2 Å². The van der Waals surface area contributed by atoms with Crippen LogP contribution in [0.25, 0.3) is 11.1 Å². The number of amides is 1. The number of carbonyl (C=O) groups excluding carboxylic acids is 3. The molecule has 1 N–H and O–H groups in total. The smallest absolute Gasteiger partial charge is 0.309 e. The van der Waals surface area contributed by atoms with Gasteiger partial charge in [0.25, 0.3) is 0 Å². The van der Waals surface area contributed by atoms with Crippen molar-refractivity contribution in [2.75, 3.05) is 20.8 Å². The van der Waals surface area contributed by atoms with E-state index in [1.54, 1.807) is 41.1 Å². The van der Waals surface area contributed by atoms with Crippen LogP contribution in [0, 0.1) is 11.8 Å². The lowest BCUT2D eigenvalue weighted by molar-refractivity contribution is -0.160. The Morgan fingerprint density at radius 2 is 1.24 bits per heavy atom. The molecular formula is C38H49NO7. The first kappa shape index (κ1) is 36.1. The summed E-state index contributed by atoms with van der Waals surface area (Å²) in [6, 6.07) is 23.7. The van der Waals surface area contributed by atoms with Gasteiger partial charge < -0.3 is 24.3 Å². The molecule has 0 saturated heterocycles. The van der Waals surface area contributed by atoms with E-state index in [0.717, 1.165) is 22.3 Å². The molecule has 248 valence electrons. The van der Waals surface area contributed by atoms with Gasteiger partial charge in [-0.1, -0.05) is 60.7 Å². The Bertz CT molecular complexity index is 1440. The molecule has 0 fully saturated rings. The fourth-order valence-electron chi connectivity index (χ4n) is 5.14. The van der Waals surface area contributed by atoms with E-state index in [1.165, 1.54) is 0 Å². The molecule has 46 heavy (non-hydrogen) atoms. The normalized spacial score (nSPS) is 12.9. The van der Waals surface area contributed by atoms with Crippen LogP contribution in [-0.4, -0.2) is 49.8 Å². The van der Waals surface area contributed by atoms with Gasteiger partial charge in [0, 0.05) is 12.5 Å². The van der Waals surface area contributed by atoms with Crippen LogP contribution in [-0.2, 0) is 36.7 Å². The number of ether oxygens (including phenoxy) is 4. The minimum Gasteiger partial charge on any atom is -0.493 e. The summed E-state index contributed by atoms with van der Waals surface area (Å²) >= 11 is 0. The minimum atomic E-state index is -0.703. The van der Waals surface area contributed by atoms with Gasteiger partial charge in [-0.3, -0.25) is 14.4 Å². The predicted molar refractivity (Wildman–Crippen MR) is 180 cm³/mol. The summed E-state index contributed by atoms with van der Waals surface area (Å²) in [5.74, 6) is -1.06. The van der Waals surface area contributed by atoms with Crippen molar-refractivity contribution in [2.45, 2.75) is 78.4 Å². The molecule has 0 aliphatic carbocycles. The number of hydrogen-bond donors (Lipinski definition) is 1. The SMILES string of the molecule is COc1ccc(C[C@H](C[C@@H](Cc2ccc(-c3ccccc3)cc2)C(=O)NCCC(=O)OC(C)(C)C)C(=O)OC(C)(C)C)cc1OC. The monoisotopic (exact) mass is 631 g/mol. The van der Waals surface area contributed by atoms with Crippen molar-refractivity contribution >= 4 is 17.8 Å². The van der Waals surface area contributed by atoms with E-state index in [-0.39, 0.29) is 37.2 Å². The van der Waals surface area contributed by atoms with Crippen molar-refractivity contribution in [2.24, 2.45) is 11.8 Å². The molecule has 0 saturated carbocycles. The Kier molecular flexibility index (Phi) is 12.8. The van der Waals surface area contributed by atoms with E-state index in [1.807, 2.05) is 75.4 Å². The van der Waals surface area contributed by atoms with Gasteiger partial charge in [-0.05, 0) is 95.2 Å². The highest BCUT2D eigenvalue weighted by atomic mass is 16.6. The highest BCUT2D eigenvalue weighted by Crippen LogP contribution is 2.31. The Morgan fingerprint density at radius 1 is 0.674 bits per heavy atom.